The molecule has 0 amide bonds. The first-order chi connectivity index (χ1) is 8.84. The SMILES string of the molecule is O=C(CN1CCOC2CCCC21)C1CCCCC1. The zero-order chi connectivity index (χ0) is 12.4. The van der Waals surface area contributed by atoms with E-state index < -0.39 is 0 Å². The molecule has 0 spiro atoms. The zero-order valence-electron chi connectivity index (χ0n) is 11.3. The van der Waals surface area contributed by atoms with Crippen molar-refractivity contribution in [3.05, 3.63) is 0 Å². The summed E-state index contributed by atoms with van der Waals surface area (Å²) in [4.78, 5) is 14.8. The minimum atomic E-state index is 0.362. The van der Waals surface area contributed by atoms with Crippen LogP contribution in [0.25, 0.3) is 0 Å². The van der Waals surface area contributed by atoms with E-state index in [0.29, 0.717) is 30.4 Å². The summed E-state index contributed by atoms with van der Waals surface area (Å²) in [5.41, 5.74) is 0. The fourth-order valence-electron chi connectivity index (χ4n) is 3.96. The second kappa shape index (κ2) is 5.70. The topological polar surface area (TPSA) is 29.5 Å². The molecule has 102 valence electrons. The molecule has 18 heavy (non-hydrogen) atoms. The predicted octanol–water partition coefficient (Wildman–Crippen LogP) is 2.39. The van der Waals surface area contributed by atoms with E-state index in [0.717, 1.165) is 26.0 Å². The van der Waals surface area contributed by atoms with Crippen molar-refractivity contribution in [2.75, 3.05) is 19.7 Å². The zero-order valence-corrected chi connectivity index (χ0v) is 11.3. The molecule has 1 aliphatic heterocycles. The van der Waals surface area contributed by atoms with E-state index in [9.17, 15) is 4.79 Å². The number of carbonyl (C=O) groups excluding carboxylic acids is 1. The van der Waals surface area contributed by atoms with Gasteiger partial charge in [-0.15, -0.1) is 0 Å². The van der Waals surface area contributed by atoms with E-state index in [-0.39, 0.29) is 0 Å². The minimum absolute atomic E-state index is 0.362. The van der Waals surface area contributed by atoms with Crippen LogP contribution in [0.2, 0.25) is 0 Å². The van der Waals surface area contributed by atoms with Gasteiger partial charge in [-0.3, -0.25) is 9.69 Å². The maximum atomic E-state index is 12.4. The molecule has 2 unspecified atom stereocenters. The van der Waals surface area contributed by atoms with Crippen molar-refractivity contribution in [2.45, 2.75) is 63.5 Å². The molecule has 2 aliphatic carbocycles. The lowest BCUT2D eigenvalue weighted by Crippen LogP contribution is -2.51. The van der Waals surface area contributed by atoms with Crippen LogP contribution in [-0.4, -0.2) is 42.5 Å². The van der Waals surface area contributed by atoms with Crippen molar-refractivity contribution in [3.63, 3.8) is 0 Å². The van der Waals surface area contributed by atoms with Gasteiger partial charge in [0.1, 0.15) is 5.78 Å². The maximum absolute atomic E-state index is 12.4. The van der Waals surface area contributed by atoms with Gasteiger partial charge in [-0.2, -0.15) is 0 Å². The molecule has 3 aliphatic rings. The highest BCUT2D eigenvalue weighted by atomic mass is 16.5. The Balaban J connectivity index is 1.56. The number of morpholine rings is 1. The Morgan fingerprint density at radius 2 is 1.89 bits per heavy atom. The lowest BCUT2D eigenvalue weighted by Gasteiger charge is -2.38. The van der Waals surface area contributed by atoms with Crippen LogP contribution >= 0.6 is 0 Å². The van der Waals surface area contributed by atoms with Crippen LogP contribution in [0, 0.1) is 5.92 Å². The fraction of sp³-hybridized carbons (Fsp3) is 0.933. The Kier molecular flexibility index (Phi) is 4.00. The molecule has 3 fully saturated rings. The van der Waals surface area contributed by atoms with Gasteiger partial charge in [0.05, 0.1) is 19.3 Å². The number of fused-ring (bicyclic) bond motifs is 1. The Morgan fingerprint density at radius 3 is 2.72 bits per heavy atom. The van der Waals surface area contributed by atoms with E-state index in [1.807, 2.05) is 0 Å². The number of nitrogens with zero attached hydrogens (tertiary/aromatic N) is 1. The first-order valence-corrected chi connectivity index (χ1v) is 7.73. The first-order valence-electron chi connectivity index (χ1n) is 7.73. The van der Waals surface area contributed by atoms with E-state index in [1.54, 1.807) is 0 Å². The Bertz CT molecular complexity index is 299. The van der Waals surface area contributed by atoms with Gasteiger partial charge in [0.15, 0.2) is 0 Å². The van der Waals surface area contributed by atoms with Crippen LogP contribution in [0.1, 0.15) is 51.4 Å². The summed E-state index contributed by atoms with van der Waals surface area (Å²) in [7, 11) is 0. The molecule has 0 bridgehead atoms. The van der Waals surface area contributed by atoms with Crippen molar-refractivity contribution in [1.29, 1.82) is 0 Å². The summed E-state index contributed by atoms with van der Waals surface area (Å²) in [5, 5.41) is 0. The molecule has 0 aromatic heterocycles. The van der Waals surface area contributed by atoms with Gasteiger partial charge in [0.2, 0.25) is 0 Å². The van der Waals surface area contributed by atoms with Crippen molar-refractivity contribution in [1.82, 2.24) is 4.90 Å². The second-order valence-corrected chi connectivity index (χ2v) is 6.18. The smallest absolute Gasteiger partial charge is 0.149 e. The number of Topliss-reactive ketones (excluding diaryl/α,β-unsaturated/α-hetero) is 1. The number of ether oxygens (including phenoxy) is 1. The molecule has 1 heterocycles. The number of hydrogen-bond acceptors (Lipinski definition) is 3. The Morgan fingerprint density at radius 1 is 1.06 bits per heavy atom. The number of hydrogen-bond donors (Lipinski definition) is 0. The average Bonchev–Trinajstić information content (AvgIpc) is 2.89. The van der Waals surface area contributed by atoms with Crippen LogP contribution in [-0.2, 0) is 9.53 Å². The monoisotopic (exact) mass is 251 g/mol. The van der Waals surface area contributed by atoms with Gasteiger partial charge in [-0.25, -0.2) is 0 Å². The quantitative estimate of drug-likeness (QED) is 0.771. The van der Waals surface area contributed by atoms with E-state index in [2.05, 4.69) is 4.90 Å². The molecule has 3 rings (SSSR count). The number of ketones is 1. The van der Waals surface area contributed by atoms with Crippen molar-refractivity contribution < 1.29 is 9.53 Å². The number of rotatable bonds is 3. The van der Waals surface area contributed by atoms with Gasteiger partial charge in [-0.05, 0) is 32.1 Å². The summed E-state index contributed by atoms with van der Waals surface area (Å²) in [5.74, 6) is 0.865. The normalized spacial score (nSPS) is 34.4. The molecular formula is C15H25NO2. The average molecular weight is 251 g/mol. The van der Waals surface area contributed by atoms with Crippen LogP contribution < -0.4 is 0 Å². The summed E-state index contributed by atoms with van der Waals surface area (Å²) < 4.78 is 5.81. The lowest BCUT2D eigenvalue weighted by atomic mass is 9.86. The third-order valence-corrected chi connectivity index (χ3v) is 5.02. The first kappa shape index (κ1) is 12.6. The molecular weight excluding hydrogens is 226 g/mol. The van der Waals surface area contributed by atoms with E-state index in [1.165, 1.54) is 38.5 Å². The molecule has 0 aromatic rings. The molecule has 3 heteroatoms. The number of carbonyl (C=O) groups is 1. The van der Waals surface area contributed by atoms with Crippen molar-refractivity contribution in [2.24, 2.45) is 5.92 Å². The van der Waals surface area contributed by atoms with Crippen molar-refractivity contribution >= 4 is 5.78 Å². The summed E-state index contributed by atoms with van der Waals surface area (Å²) in [6.45, 7) is 2.47. The second-order valence-electron chi connectivity index (χ2n) is 6.18. The summed E-state index contributed by atoms with van der Waals surface area (Å²) in [6.07, 6.45) is 10.2. The van der Waals surface area contributed by atoms with E-state index >= 15 is 0 Å². The summed E-state index contributed by atoms with van der Waals surface area (Å²) in [6, 6.07) is 0.534. The maximum Gasteiger partial charge on any atom is 0.149 e. The van der Waals surface area contributed by atoms with Crippen LogP contribution in [0.15, 0.2) is 0 Å². The highest BCUT2D eigenvalue weighted by Gasteiger charge is 2.37. The van der Waals surface area contributed by atoms with Gasteiger partial charge in [0, 0.05) is 18.5 Å². The van der Waals surface area contributed by atoms with Crippen LogP contribution in [0.3, 0.4) is 0 Å². The third-order valence-electron chi connectivity index (χ3n) is 5.02. The van der Waals surface area contributed by atoms with Crippen molar-refractivity contribution in [3.8, 4) is 0 Å². The Labute approximate surface area is 110 Å². The largest absolute Gasteiger partial charge is 0.375 e. The summed E-state index contributed by atoms with van der Waals surface area (Å²) >= 11 is 0. The predicted molar refractivity (Wildman–Crippen MR) is 70.5 cm³/mol. The standard InChI is InChI=1S/C15H25NO2/c17-14(12-5-2-1-3-6-12)11-16-9-10-18-15-8-4-7-13(15)16/h12-13,15H,1-11H2. The lowest BCUT2D eigenvalue weighted by molar-refractivity contribution is -0.128. The van der Waals surface area contributed by atoms with Gasteiger partial charge in [0.25, 0.3) is 0 Å². The van der Waals surface area contributed by atoms with Gasteiger partial charge in [-0.1, -0.05) is 19.3 Å². The van der Waals surface area contributed by atoms with Gasteiger partial charge < -0.3 is 4.74 Å². The highest BCUT2D eigenvalue weighted by molar-refractivity contribution is 5.83. The molecule has 0 radical (unpaired) electrons. The molecule has 2 atom stereocenters. The van der Waals surface area contributed by atoms with Crippen LogP contribution in [0.4, 0.5) is 0 Å². The molecule has 1 saturated heterocycles. The fourth-order valence-corrected chi connectivity index (χ4v) is 3.96. The molecule has 2 saturated carbocycles. The molecule has 0 aromatic carbocycles. The van der Waals surface area contributed by atoms with Crippen LogP contribution in [0.5, 0.6) is 0 Å². The molecule has 0 N–H and O–H groups in total. The van der Waals surface area contributed by atoms with E-state index in [4.69, 9.17) is 4.74 Å². The van der Waals surface area contributed by atoms with Gasteiger partial charge >= 0.3 is 0 Å². The molecule has 3 nitrogen and oxygen atoms in total. The third kappa shape index (κ3) is 2.62. The highest BCUT2D eigenvalue weighted by Crippen LogP contribution is 2.30. The minimum Gasteiger partial charge on any atom is -0.375 e. The Hall–Kier alpha value is -0.410.